The average Bonchev–Trinajstić information content (AvgIpc) is 2.68. The first kappa shape index (κ1) is 12.6. The molecule has 1 N–H and O–H groups in total. The van der Waals surface area contributed by atoms with Crippen LogP contribution in [0.15, 0.2) is 18.3 Å². The first-order chi connectivity index (χ1) is 7.97. The average molecular weight is 233 g/mol. The zero-order valence-electron chi connectivity index (χ0n) is 11.1. The van der Waals surface area contributed by atoms with Crippen molar-refractivity contribution >= 4 is 0 Å². The van der Waals surface area contributed by atoms with E-state index < -0.39 is 0 Å². The van der Waals surface area contributed by atoms with E-state index in [9.17, 15) is 5.11 Å². The van der Waals surface area contributed by atoms with Crippen LogP contribution < -0.4 is 0 Å². The van der Waals surface area contributed by atoms with Crippen molar-refractivity contribution in [3.63, 3.8) is 0 Å². The van der Waals surface area contributed by atoms with Gasteiger partial charge in [-0.25, -0.2) is 0 Å². The van der Waals surface area contributed by atoms with Gasteiger partial charge >= 0.3 is 0 Å². The summed E-state index contributed by atoms with van der Waals surface area (Å²) in [7, 11) is 0. The highest BCUT2D eigenvalue weighted by Crippen LogP contribution is 2.36. The molecule has 2 heteroatoms. The molecule has 2 unspecified atom stereocenters. The van der Waals surface area contributed by atoms with Gasteiger partial charge in [0.2, 0.25) is 0 Å². The summed E-state index contributed by atoms with van der Waals surface area (Å²) in [5, 5.41) is 10.3. The molecule has 1 aromatic heterocycles. The molecule has 0 aromatic carbocycles. The number of aryl methyl sites for hydroxylation is 1. The Labute approximate surface area is 104 Å². The van der Waals surface area contributed by atoms with Crippen LogP contribution in [0.2, 0.25) is 0 Å². The van der Waals surface area contributed by atoms with E-state index in [1.165, 1.54) is 5.56 Å². The van der Waals surface area contributed by atoms with Crippen molar-refractivity contribution in [3.05, 3.63) is 29.6 Å². The number of nitrogens with zero attached hydrogens (tertiary/aromatic N) is 1. The zero-order valence-corrected chi connectivity index (χ0v) is 11.1. The van der Waals surface area contributed by atoms with Crippen molar-refractivity contribution in [1.29, 1.82) is 0 Å². The van der Waals surface area contributed by atoms with E-state index in [0.29, 0.717) is 5.41 Å². The normalized spacial score (nSPS) is 21.3. The molecule has 0 saturated carbocycles. The van der Waals surface area contributed by atoms with Crippen molar-refractivity contribution < 1.29 is 5.11 Å². The molecular weight excluding hydrogens is 210 g/mol. The molecule has 0 bridgehead atoms. The Balaban J connectivity index is 2.00. The fourth-order valence-electron chi connectivity index (χ4n) is 2.60. The molecular formula is C15H23NO. The van der Waals surface area contributed by atoms with Crippen LogP contribution in [0.25, 0.3) is 0 Å². The Hall–Kier alpha value is -0.890. The van der Waals surface area contributed by atoms with Crippen LogP contribution in [0.1, 0.15) is 57.2 Å². The molecule has 2 atom stereocenters. The third-order valence-corrected chi connectivity index (χ3v) is 3.66. The Morgan fingerprint density at radius 2 is 2.24 bits per heavy atom. The van der Waals surface area contributed by atoms with Crippen molar-refractivity contribution in [3.8, 4) is 0 Å². The Kier molecular flexibility index (Phi) is 3.53. The summed E-state index contributed by atoms with van der Waals surface area (Å²) in [6.07, 6.45) is 5.67. The molecule has 94 valence electrons. The maximum absolute atomic E-state index is 10.3. The van der Waals surface area contributed by atoms with Gasteiger partial charge in [-0.1, -0.05) is 26.8 Å². The Morgan fingerprint density at radius 1 is 1.47 bits per heavy atom. The van der Waals surface area contributed by atoms with Gasteiger partial charge < -0.3 is 5.11 Å². The van der Waals surface area contributed by atoms with E-state index in [1.807, 2.05) is 12.3 Å². The summed E-state index contributed by atoms with van der Waals surface area (Å²) in [6.45, 7) is 6.67. The van der Waals surface area contributed by atoms with Gasteiger partial charge in [-0.15, -0.1) is 0 Å². The van der Waals surface area contributed by atoms with Gasteiger partial charge in [0.05, 0.1) is 6.10 Å². The van der Waals surface area contributed by atoms with Crippen molar-refractivity contribution in [2.45, 2.75) is 58.5 Å². The van der Waals surface area contributed by atoms with Crippen LogP contribution in [0, 0.1) is 5.41 Å². The SMILES string of the molecule is CC(C)(C)CCC(O)C1CCc2cccnc21. The van der Waals surface area contributed by atoms with E-state index in [0.717, 1.165) is 31.4 Å². The van der Waals surface area contributed by atoms with Crippen LogP contribution in [0.4, 0.5) is 0 Å². The largest absolute Gasteiger partial charge is 0.392 e. The second kappa shape index (κ2) is 4.77. The standard InChI is InChI=1S/C15H23NO/c1-15(2,3)9-8-13(17)12-7-6-11-5-4-10-16-14(11)12/h4-5,10,12-13,17H,6-9H2,1-3H3. The third kappa shape index (κ3) is 3.06. The van der Waals surface area contributed by atoms with Crippen LogP contribution in [-0.2, 0) is 6.42 Å². The summed E-state index contributed by atoms with van der Waals surface area (Å²) >= 11 is 0. The van der Waals surface area contributed by atoms with E-state index in [1.54, 1.807) is 0 Å². The zero-order chi connectivity index (χ0) is 12.5. The molecule has 2 nitrogen and oxygen atoms in total. The molecule has 0 amide bonds. The molecule has 0 saturated heterocycles. The number of fused-ring (bicyclic) bond motifs is 1. The van der Waals surface area contributed by atoms with Gasteiger partial charge in [0, 0.05) is 17.8 Å². The second-order valence-electron chi connectivity index (χ2n) is 6.36. The maximum atomic E-state index is 10.3. The number of aliphatic hydroxyl groups is 1. The quantitative estimate of drug-likeness (QED) is 0.869. The van der Waals surface area contributed by atoms with Crippen molar-refractivity contribution in [1.82, 2.24) is 4.98 Å². The molecule has 2 rings (SSSR count). The summed E-state index contributed by atoms with van der Waals surface area (Å²) in [6, 6.07) is 4.13. The minimum Gasteiger partial charge on any atom is -0.392 e. The molecule has 1 heterocycles. The minimum atomic E-state index is -0.231. The summed E-state index contributed by atoms with van der Waals surface area (Å²) in [5.41, 5.74) is 2.76. The molecule has 0 fully saturated rings. The third-order valence-electron chi connectivity index (χ3n) is 3.66. The monoisotopic (exact) mass is 233 g/mol. The van der Waals surface area contributed by atoms with Crippen LogP contribution in [-0.4, -0.2) is 16.2 Å². The van der Waals surface area contributed by atoms with E-state index in [-0.39, 0.29) is 12.0 Å². The first-order valence-electron chi connectivity index (χ1n) is 6.59. The fourth-order valence-corrected chi connectivity index (χ4v) is 2.60. The molecule has 1 aliphatic carbocycles. The maximum Gasteiger partial charge on any atom is 0.0624 e. The van der Waals surface area contributed by atoms with Gasteiger partial charge in [0.25, 0.3) is 0 Å². The molecule has 0 aliphatic heterocycles. The van der Waals surface area contributed by atoms with Crippen LogP contribution in [0.5, 0.6) is 0 Å². The smallest absolute Gasteiger partial charge is 0.0624 e. The minimum absolute atomic E-state index is 0.231. The highest BCUT2D eigenvalue weighted by molar-refractivity contribution is 5.29. The second-order valence-corrected chi connectivity index (χ2v) is 6.36. The predicted molar refractivity (Wildman–Crippen MR) is 70.0 cm³/mol. The van der Waals surface area contributed by atoms with Gasteiger partial charge in [0.15, 0.2) is 0 Å². The number of hydrogen-bond donors (Lipinski definition) is 1. The molecule has 1 aliphatic rings. The molecule has 0 spiro atoms. The lowest BCUT2D eigenvalue weighted by Gasteiger charge is -2.23. The summed E-state index contributed by atoms with van der Waals surface area (Å²) in [4.78, 5) is 4.45. The van der Waals surface area contributed by atoms with Gasteiger partial charge in [0.1, 0.15) is 0 Å². The van der Waals surface area contributed by atoms with Crippen LogP contribution >= 0.6 is 0 Å². The van der Waals surface area contributed by atoms with Crippen LogP contribution in [0.3, 0.4) is 0 Å². The van der Waals surface area contributed by atoms with Crippen molar-refractivity contribution in [2.24, 2.45) is 5.41 Å². The highest BCUT2D eigenvalue weighted by Gasteiger charge is 2.30. The fraction of sp³-hybridized carbons (Fsp3) is 0.667. The van der Waals surface area contributed by atoms with E-state index >= 15 is 0 Å². The Bertz CT molecular complexity index is 381. The molecule has 0 radical (unpaired) electrons. The lowest BCUT2D eigenvalue weighted by atomic mass is 9.86. The number of aliphatic hydroxyl groups excluding tert-OH is 1. The topological polar surface area (TPSA) is 33.1 Å². The number of rotatable bonds is 3. The van der Waals surface area contributed by atoms with Gasteiger partial charge in [-0.3, -0.25) is 4.98 Å². The predicted octanol–water partition coefficient (Wildman–Crippen LogP) is 3.30. The van der Waals surface area contributed by atoms with Crippen molar-refractivity contribution in [2.75, 3.05) is 0 Å². The summed E-state index contributed by atoms with van der Waals surface area (Å²) in [5.74, 6) is 0.258. The van der Waals surface area contributed by atoms with E-state index in [4.69, 9.17) is 0 Å². The highest BCUT2D eigenvalue weighted by atomic mass is 16.3. The molecule has 17 heavy (non-hydrogen) atoms. The lowest BCUT2D eigenvalue weighted by Crippen LogP contribution is -2.20. The number of pyridine rings is 1. The Morgan fingerprint density at radius 3 is 2.94 bits per heavy atom. The summed E-state index contributed by atoms with van der Waals surface area (Å²) < 4.78 is 0. The van der Waals surface area contributed by atoms with E-state index in [2.05, 4.69) is 31.8 Å². The first-order valence-corrected chi connectivity index (χ1v) is 6.59. The van der Waals surface area contributed by atoms with Gasteiger partial charge in [-0.05, 0) is 42.7 Å². The number of hydrogen-bond acceptors (Lipinski definition) is 2. The molecule has 1 aromatic rings. The lowest BCUT2D eigenvalue weighted by molar-refractivity contribution is 0.116. The van der Waals surface area contributed by atoms with Gasteiger partial charge in [-0.2, -0.15) is 0 Å². The number of aromatic nitrogens is 1.